The highest BCUT2D eigenvalue weighted by Crippen LogP contribution is 2.37. The van der Waals surface area contributed by atoms with Crippen LogP contribution >= 0.6 is 0 Å². The Hall–Kier alpha value is -2.87. The lowest BCUT2D eigenvalue weighted by molar-refractivity contribution is -0.388. The Morgan fingerprint density at radius 3 is 1.03 bits per heavy atom. The highest BCUT2D eigenvalue weighted by Gasteiger charge is 2.58. The fourth-order valence-electron chi connectivity index (χ4n) is 11.3. The number of hydrogen-bond donors (Lipinski definition) is 22. The van der Waals surface area contributed by atoms with Crippen molar-refractivity contribution >= 4 is 17.7 Å². The largest absolute Gasteiger partial charge is 0.394 e. The number of rotatable bonds is 22. The molecule has 35 atom stereocenters. The van der Waals surface area contributed by atoms with Crippen LogP contribution in [0.15, 0.2) is 0 Å². The quantitative estimate of drug-likeness (QED) is 0.0479. The maximum Gasteiger partial charge on any atom is 0.217 e. The maximum absolute atomic E-state index is 12.7. The highest BCUT2D eigenvalue weighted by molar-refractivity contribution is 5.74. The van der Waals surface area contributed by atoms with E-state index in [2.05, 4.69) is 16.0 Å². The topological polar surface area (TPSA) is 592 Å². The molecule has 504 valence electrons. The highest BCUT2D eigenvalue weighted by atomic mass is 16.8. The van der Waals surface area contributed by atoms with Gasteiger partial charge in [-0.25, -0.2) is 0 Å². The number of aliphatic hydroxyl groups excluding tert-OH is 19. The summed E-state index contributed by atoms with van der Waals surface area (Å²) in [6.07, 6.45) is -60.6. The van der Waals surface area contributed by atoms with Crippen LogP contribution in [0.5, 0.6) is 0 Å². The Morgan fingerprint density at radius 1 is 0.310 bits per heavy atom. The predicted molar refractivity (Wildman–Crippen MR) is 270 cm³/mol. The molecule has 0 aromatic heterocycles. The van der Waals surface area contributed by atoms with Crippen LogP contribution in [0.3, 0.4) is 0 Å². The molecule has 87 heavy (non-hydrogen) atoms. The normalized spacial score (nSPS) is 48.9. The maximum atomic E-state index is 12.7. The molecule has 7 fully saturated rings. The first-order chi connectivity index (χ1) is 41.1. The Kier molecular flexibility index (Phi) is 25.6. The SMILES string of the molecule is CC(=O)NC1C(O)[C@H](O[C@@H]2OC(CO)[C@H](O)[C@H](O)C2O)[C@@H](CO)O[C@@H]1OC1[C@H](OCC2O[C@@H](O[C@H]3C(CO)O[C@@H](O[C@H]4C(CO)O[C@@H](C)C(NC(C)=O)[C@H]4O)C(NC(C)=O)[C@H]3O)C(O)[C@@H](O[C@@H]3O[C@H](CO)[C@H](O)C(O)C3O)[C@H]2O)OC(CO)[C@H](O)[C@@H]1O. The van der Waals surface area contributed by atoms with Gasteiger partial charge in [-0.05, 0) is 6.92 Å². The van der Waals surface area contributed by atoms with Crippen molar-refractivity contribution in [1.82, 2.24) is 16.0 Å². The van der Waals surface area contributed by atoms with Crippen molar-refractivity contribution in [3.8, 4) is 0 Å². The van der Waals surface area contributed by atoms with Crippen LogP contribution in [-0.4, -0.2) is 376 Å². The van der Waals surface area contributed by atoms with E-state index in [-0.39, 0.29) is 0 Å². The van der Waals surface area contributed by atoms with Crippen molar-refractivity contribution in [1.29, 1.82) is 0 Å². The van der Waals surface area contributed by atoms with Gasteiger partial charge in [0.25, 0.3) is 0 Å². The van der Waals surface area contributed by atoms with Gasteiger partial charge in [-0.3, -0.25) is 14.4 Å². The van der Waals surface area contributed by atoms with Crippen molar-refractivity contribution in [2.24, 2.45) is 0 Å². The molecule has 0 bridgehead atoms. The van der Waals surface area contributed by atoms with Crippen molar-refractivity contribution in [2.75, 3.05) is 46.2 Å². The number of carbonyl (C=O) groups excluding carboxylic acids is 3. The van der Waals surface area contributed by atoms with Gasteiger partial charge in [0.05, 0.1) is 58.4 Å². The molecule has 0 aromatic carbocycles. The summed E-state index contributed by atoms with van der Waals surface area (Å²) < 4.78 is 76.2. The first kappa shape index (κ1) is 71.6. The second-order valence-electron chi connectivity index (χ2n) is 22.1. The van der Waals surface area contributed by atoms with Crippen molar-refractivity contribution in [2.45, 2.75) is 242 Å². The smallest absolute Gasteiger partial charge is 0.217 e. The van der Waals surface area contributed by atoms with Gasteiger partial charge in [0.15, 0.2) is 37.7 Å². The Balaban J connectivity index is 1.17. The molecule has 38 heteroatoms. The Morgan fingerprint density at radius 2 is 0.621 bits per heavy atom. The summed E-state index contributed by atoms with van der Waals surface area (Å²) >= 11 is 0. The molecule has 14 unspecified atom stereocenters. The van der Waals surface area contributed by atoms with Gasteiger partial charge in [0.1, 0.15) is 165 Å². The first-order valence-corrected chi connectivity index (χ1v) is 27.9. The van der Waals surface area contributed by atoms with E-state index in [1.807, 2.05) is 0 Å². The van der Waals surface area contributed by atoms with Crippen molar-refractivity contribution in [3.63, 3.8) is 0 Å². The van der Waals surface area contributed by atoms with Gasteiger partial charge < -0.3 is 175 Å². The molecule has 7 rings (SSSR count). The lowest BCUT2D eigenvalue weighted by Crippen LogP contribution is -2.70. The minimum Gasteiger partial charge on any atom is -0.394 e. The van der Waals surface area contributed by atoms with Crippen LogP contribution in [0.2, 0.25) is 0 Å². The molecule has 38 nitrogen and oxygen atoms in total. The van der Waals surface area contributed by atoms with E-state index in [1.54, 1.807) is 0 Å². The molecule has 3 amide bonds. The van der Waals surface area contributed by atoms with E-state index in [0.29, 0.717) is 0 Å². The van der Waals surface area contributed by atoms with Crippen LogP contribution in [-0.2, 0) is 76.0 Å². The molecule has 0 aromatic rings. The summed E-state index contributed by atoms with van der Waals surface area (Å²) in [6.45, 7) is -2.10. The molecule has 7 heterocycles. The molecule has 22 N–H and O–H groups in total. The third-order valence-electron chi connectivity index (χ3n) is 16.0. The predicted octanol–water partition coefficient (Wildman–Crippen LogP) is -14.8. The van der Waals surface area contributed by atoms with Crippen molar-refractivity contribution < 1.29 is 173 Å². The van der Waals surface area contributed by atoms with Crippen LogP contribution < -0.4 is 16.0 Å². The average Bonchev–Trinajstić information content (AvgIpc) is 3.58. The van der Waals surface area contributed by atoms with Crippen LogP contribution in [0.4, 0.5) is 0 Å². The summed E-state index contributed by atoms with van der Waals surface area (Å²) in [5.74, 6) is -2.27. The van der Waals surface area contributed by atoms with E-state index >= 15 is 0 Å². The summed E-state index contributed by atoms with van der Waals surface area (Å²) in [5, 5.41) is 214. The lowest BCUT2D eigenvalue weighted by Gasteiger charge is -2.50. The standard InChI is InChI=1S/C49H83N3O35/c1-12-23(50-13(2)59)30(66)39(19(8-56)76-12)83-44-24(51-14(3)60)31(67)41(21(10-58)80-44)85-48-38(74)42(86-47-37(73)34(70)27(63)17(6-54)78-47)29(65)22(82-48)11-75-49-43(35(71)28(64)18(7-55)79-49)87-45-25(52-15(4)61)32(68)40(20(9-57)81-45)84-46-36(72)33(69)26(62)16(5-53)77-46/h12,16-49,53-58,62-74H,5-11H2,1-4H3,(H,50,59)(H,51,60)(H,52,61)/t12-,16?,17+,18?,19?,20+,21?,22?,23?,24?,25?,26-,27-,28-,29-,30+,31+,32?,33-,34?,35-,36?,37?,38?,39-,40+,41-,42-,43?,44-,45+,46-,47-,48-,49+/m0/s1. The zero-order valence-corrected chi connectivity index (χ0v) is 47.2. The summed E-state index contributed by atoms with van der Waals surface area (Å²) in [7, 11) is 0. The minimum atomic E-state index is -2.32. The van der Waals surface area contributed by atoms with Gasteiger partial charge in [-0.15, -0.1) is 0 Å². The molecule has 0 spiro atoms. The fraction of sp³-hybridized carbons (Fsp3) is 0.939. The third kappa shape index (κ3) is 15.8. The molecular weight excluding hydrogens is 1190 g/mol. The Labute approximate surface area is 494 Å². The number of aliphatic hydroxyl groups is 19. The fourth-order valence-corrected chi connectivity index (χ4v) is 11.3. The molecule has 0 aliphatic carbocycles. The molecular formula is C49H83N3O35. The number of nitrogens with one attached hydrogen (secondary N) is 3. The van der Waals surface area contributed by atoms with E-state index in [9.17, 15) is 111 Å². The van der Waals surface area contributed by atoms with E-state index in [1.165, 1.54) is 6.92 Å². The zero-order chi connectivity index (χ0) is 64.2. The monoisotopic (exact) mass is 1270 g/mol. The average molecular weight is 1270 g/mol. The molecule has 7 aliphatic heterocycles. The summed E-state index contributed by atoms with van der Waals surface area (Å²) in [6, 6.07) is -4.66. The van der Waals surface area contributed by atoms with Crippen LogP contribution in [0, 0.1) is 0 Å². The van der Waals surface area contributed by atoms with Gasteiger partial charge in [-0.2, -0.15) is 0 Å². The zero-order valence-electron chi connectivity index (χ0n) is 47.2. The van der Waals surface area contributed by atoms with Crippen molar-refractivity contribution in [3.05, 3.63) is 0 Å². The second kappa shape index (κ2) is 31.2. The molecule has 0 saturated carbocycles. The third-order valence-corrected chi connectivity index (χ3v) is 16.0. The van der Waals surface area contributed by atoms with Gasteiger partial charge in [0.2, 0.25) is 17.7 Å². The van der Waals surface area contributed by atoms with E-state index in [4.69, 9.17) is 61.6 Å². The molecule has 7 aliphatic rings. The van der Waals surface area contributed by atoms with Crippen LogP contribution in [0.1, 0.15) is 27.7 Å². The molecule has 7 saturated heterocycles. The summed E-state index contributed by atoms with van der Waals surface area (Å²) in [5.41, 5.74) is 0. The Bertz CT molecular complexity index is 2180. The van der Waals surface area contributed by atoms with Gasteiger partial charge in [-0.1, -0.05) is 0 Å². The first-order valence-electron chi connectivity index (χ1n) is 27.9. The van der Waals surface area contributed by atoms with E-state index in [0.717, 1.165) is 20.8 Å². The van der Waals surface area contributed by atoms with E-state index < -0.39 is 279 Å². The number of carbonyl (C=O) groups is 3. The lowest BCUT2D eigenvalue weighted by atomic mass is 9.92. The minimum absolute atomic E-state index is 0.578. The second-order valence-corrected chi connectivity index (χ2v) is 22.1. The number of hydrogen-bond acceptors (Lipinski definition) is 35. The number of amides is 3. The summed E-state index contributed by atoms with van der Waals surface area (Å²) in [4.78, 5) is 37.5. The molecule has 0 radical (unpaired) electrons. The van der Waals surface area contributed by atoms with Gasteiger partial charge >= 0.3 is 0 Å². The van der Waals surface area contributed by atoms with Gasteiger partial charge in [0, 0.05) is 20.8 Å². The number of ether oxygens (including phenoxy) is 13. The van der Waals surface area contributed by atoms with Crippen LogP contribution in [0.25, 0.3) is 0 Å².